The summed E-state index contributed by atoms with van der Waals surface area (Å²) in [5, 5.41) is 5.86. The molecule has 34 heavy (non-hydrogen) atoms. The van der Waals surface area contributed by atoms with Gasteiger partial charge in [-0.25, -0.2) is 4.98 Å². The maximum atomic E-state index is 12.6. The molecule has 0 radical (unpaired) electrons. The number of methoxy groups -OCH3 is 2. The van der Waals surface area contributed by atoms with Gasteiger partial charge < -0.3 is 24.7 Å². The van der Waals surface area contributed by atoms with Crippen LogP contribution in [-0.4, -0.2) is 35.6 Å². The van der Waals surface area contributed by atoms with Crippen LogP contribution in [0.2, 0.25) is 0 Å². The number of hydrogen-bond donors (Lipinski definition) is 2. The van der Waals surface area contributed by atoms with Crippen LogP contribution in [0.5, 0.6) is 11.5 Å². The second-order valence-electron chi connectivity index (χ2n) is 8.48. The molecule has 0 aliphatic heterocycles. The second-order valence-corrected chi connectivity index (χ2v) is 8.48. The Kier molecular flexibility index (Phi) is 7.47. The number of anilines is 2. The molecule has 1 heterocycles. The third-order valence-electron chi connectivity index (χ3n) is 6.07. The number of amides is 2. The molecule has 2 amide bonds. The first-order chi connectivity index (χ1) is 16.6. The molecule has 0 bridgehead atoms. The summed E-state index contributed by atoms with van der Waals surface area (Å²) in [4.78, 5) is 29.3. The van der Waals surface area contributed by atoms with Gasteiger partial charge in [0.05, 0.1) is 20.5 Å². The Bertz CT molecular complexity index is 1130. The Labute approximate surface area is 199 Å². The standard InChI is InChI=1S/C26H30N4O4/c1-33-23-13-12-21(14-24(23)34-2)29-26(32)22-16-30(17-27-22)15-18-8-10-20(11-9-18)28-25(31)19-6-4-3-5-7-19/h8-14,16-17,19H,3-7,15H2,1-2H3,(H,28,31)(H,29,32). The first-order valence-corrected chi connectivity index (χ1v) is 11.5. The first-order valence-electron chi connectivity index (χ1n) is 11.5. The van der Waals surface area contributed by atoms with E-state index in [-0.39, 0.29) is 17.7 Å². The van der Waals surface area contributed by atoms with Crippen molar-refractivity contribution in [2.24, 2.45) is 5.92 Å². The molecule has 1 aliphatic rings. The largest absolute Gasteiger partial charge is 0.493 e. The third-order valence-corrected chi connectivity index (χ3v) is 6.07. The van der Waals surface area contributed by atoms with Gasteiger partial charge in [-0.3, -0.25) is 9.59 Å². The highest BCUT2D eigenvalue weighted by molar-refractivity contribution is 6.02. The second kappa shape index (κ2) is 10.9. The molecule has 2 N–H and O–H groups in total. The van der Waals surface area contributed by atoms with Crippen molar-refractivity contribution in [1.82, 2.24) is 9.55 Å². The minimum absolute atomic E-state index is 0.118. The van der Waals surface area contributed by atoms with E-state index in [2.05, 4.69) is 15.6 Å². The molecular weight excluding hydrogens is 432 g/mol. The van der Waals surface area contributed by atoms with Gasteiger partial charge in [-0.2, -0.15) is 0 Å². The lowest BCUT2D eigenvalue weighted by Gasteiger charge is -2.20. The molecule has 1 aromatic heterocycles. The summed E-state index contributed by atoms with van der Waals surface area (Å²) in [6.07, 6.45) is 8.79. The van der Waals surface area contributed by atoms with Crippen molar-refractivity contribution >= 4 is 23.2 Å². The van der Waals surface area contributed by atoms with Crippen LogP contribution >= 0.6 is 0 Å². The molecular formula is C26H30N4O4. The molecule has 0 spiro atoms. The van der Waals surface area contributed by atoms with Gasteiger partial charge in [0.25, 0.3) is 5.91 Å². The molecule has 1 fully saturated rings. The van der Waals surface area contributed by atoms with E-state index in [0.29, 0.717) is 29.4 Å². The number of nitrogens with one attached hydrogen (secondary N) is 2. The monoisotopic (exact) mass is 462 g/mol. The molecule has 8 nitrogen and oxygen atoms in total. The van der Waals surface area contributed by atoms with Gasteiger partial charge in [0.15, 0.2) is 11.5 Å². The fourth-order valence-electron chi connectivity index (χ4n) is 4.19. The maximum absolute atomic E-state index is 12.6. The molecule has 3 aromatic rings. The zero-order valence-electron chi connectivity index (χ0n) is 19.5. The number of carbonyl (C=O) groups is 2. The van der Waals surface area contributed by atoms with Gasteiger partial charge >= 0.3 is 0 Å². The quantitative estimate of drug-likeness (QED) is 0.505. The minimum atomic E-state index is -0.313. The average Bonchev–Trinajstić information content (AvgIpc) is 3.34. The lowest BCUT2D eigenvalue weighted by molar-refractivity contribution is -0.120. The van der Waals surface area contributed by atoms with E-state index in [1.807, 2.05) is 28.8 Å². The molecule has 0 atom stereocenters. The van der Waals surface area contributed by atoms with E-state index in [4.69, 9.17) is 9.47 Å². The lowest BCUT2D eigenvalue weighted by Crippen LogP contribution is -2.24. The molecule has 0 unspecified atom stereocenters. The van der Waals surface area contributed by atoms with Crippen molar-refractivity contribution in [1.29, 1.82) is 0 Å². The van der Waals surface area contributed by atoms with Crippen LogP contribution < -0.4 is 20.1 Å². The van der Waals surface area contributed by atoms with Gasteiger partial charge in [0.2, 0.25) is 5.91 Å². The van der Waals surface area contributed by atoms with E-state index in [1.165, 1.54) is 6.42 Å². The van der Waals surface area contributed by atoms with Crippen LogP contribution in [0.3, 0.4) is 0 Å². The van der Waals surface area contributed by atoms with Crippen LogP contribution in [0.15, 0.2) is 55.0 Å². The molecule has 0 saturated heterocycles. The Morgan fingerprint density at radius 2 is 1.65 bits per heavy atom. The number of hydrogen-bond acceptors (Lipinski definition) is 5. The SMILES string of the molecule is COc1ccc(NC(=O)c2cn(Cc3ccc(NC(=O)C4CCCCC4)cc3)cn2)cc1OC. The molecule has 1 saturated carbocycles. The summed E-state index contributed by atoms with van der Waals surface area (Å²) in [5.74, 6) is 1.05. The summed E-state index contributed by atoms with van der Waals surface area (Å²) in [5.41, 5.74) is 2.74. The predicted molar refractivity (Wildman–Crippen MR) is 130 cm³/mol. The van der Waals surface area contributed by atoms with Gasteiger partial charge in [0.1, 0.15) is 5.69 Å². The predicted octanol–water partition coefficient (Wildman–Crippen LogP) is 4.72. The zero-order valence-corrected chi connectivity index (χ0v) is 19.5. The topological polar surface area (TPSA) is 94.5 Å². The molecule has 4 rings (SSSR count). The number of ether oxygens (including phenoxy) is 2. The van der Waals surface area contributed by atoms with E-state index in [9.17, 15) is 9.59 Å². The number of aromatic nitrogens is 2. The van der Waals surface area contributed by atoms with Crippen molar-refractivity contribution in [3.8, 4) is 11.5 Å². The number of imidazole rings is 1. The first kappa shape index (κ1) is 23.4. The molecule has 178 valence electrons. The highest BCUT2D eigenvalue weighted by Gasteiger charge is 2.21. The summed E-state index contributed by atoms with van der Waals surface area (Å²) >= 11 is 0. The van der Waals surface area contributed by atoms with Crippen molar-refractivity contribution in [3.63, 3.8) is 0 Å². The van der Waals surface area contributed by atoms with E-state index in [1.54, 1.807) is 44.9 Å². The van der Waals surface area contributed by atoms with Crippen molar-refractivity contribution in [3.05, 3.63) is 66.2 Å². The summed E-state index contributed by atoms with van der Waals surface area (Å²) < 4.78 is 12.3. The number of nitrogens with zero attached hydrogens (tertiary/aromatic N) is 2. The summed E-state index contributed by atoms with van der Waals surface area (Å²) in [6, 6.07) is 12.9. The van der Waals surface area contributed by atoms with Crippen LogP contribution in [0.1, 0.15) is 48.2 Å². The molecule has 1 aliphatic carbocycles. The Morgan fingerprint density at radius 3 is 2.35 bits per heavy atom. The Hall–Kier alpha value is -3.81. The highest BCUT2D eigenvalue weighted by Crippen LogP contribution is 2.30. The normalized spacial score (nSPS) is 13.8. The summed E-state index contributed by atoms with van der Waals surface area (Å²) in [7, 11) is 3.10. The van der Waals surface area contributed by atoms with Crippen LogP contribution in [0.4, 0.5) is 11.4 Å². The third kappa shape index (κ3) is 5.75. The zero-order chi connectivity index (χ0) is 23.9. The van der Waals surface area contributed by atoms with Crippen molar-refractivity contribution in [2.45, 2.75) is 38.6 Å². The van der Waals surface area contributed by atoms with Gasteiger partial charge in [-0.05, 0) is 42.7 Å². The number of benzene rings is 2. The fraction of sp³-hybridized carbons (Fsp3) is 0.346. The molecule has 2 aromatic carbocycles. The lowest BCUT2D eigenvalue weighted by atomic mass is 9.88. The maximum Gasteiger partial charge on any atom is 0.275 e. The fourth-order valence-corrected chi connectivity index (χ4v) is 4.19. The van der Waals surface area contributed by atoms with Crippen LogP contribution in [0.25, 0.3) is 0 Å². The van der Waals surface area contributed by atoms with Crippen molar-refractivity contribution in [2.75, 3.05) is 24.9 Å². The van der Waals surface area contributed by atoms with Gasteiger partial charge in [-0.1, -0.05) is 31.4 Å². The van der Waals surface area contributed by atoms with E-state index < -0.39 is 0 Å². The number of rotatable bonds is 8. The minimum Gasteiger partial charge on any atom is -0.493 e. The van der Waals surface area contributed by atoms with Gasteiger partial charge in [0, 0.05) is 36.1 Å². The van der Waals surface area contributed by atoms with Gasteiger partial charge in [-0.15, -0.1) is 0 Å². The molecule has 8 heteroatoms. The van der Waals surface area contributed by atoms with Crippen LogP contribution in [-0.2, 0) is 11.3 Å². The number of carbonyl (C=O) groups excluding carboxylic acids is 2. The van der Waals surface area contributed by atoms with Crippen LogP contribution in [0, 0.1) is 5.92 Å². The smallest absolute Gasteiger partial charge is 0.275 e. The average molecular weight is 463 g/mol. The summed E-state index contributed by atoms with van der Waals surface area (Å²) in [6.45, 7) is 0.563. The Morgan fingerprint density at radius 1 is 0.941 bits per heavy atom. The Balaban J connectivity index is 1.33. The van der Waals surface area contributed by atoms with E-state index in [0.717, 1.165) is 36.9 Å². The van der Waals surface area contributed by atoms with E-state index >= 15 is 0 Å². The highest BCUT2D eigenvalue weighted by atomic mass is 16.5. The van der Waals surface area contributed by atoms with Crippen molar-refractivity contribution < 1.29 is 19.1 Å².